The molecule has 0 aliphatic rings. The maximum Gasteiger partial charge on any atom is 0.162 e. The Morgan fingerprint density at radius 2 is 1.50 bits per heavy atom. The van der Waals surface area contributed by atoms with Crippen molar-refractivity contribution in [3.8, 4) is 11.5 Å². The molecule has 0 spiro atoms. The molecule has 0 bridgehead atoms. The number of halogens is 1. The van der Waals surface area contributed by atoms with Gasteiger partial charge in [-0.15, -0.1) is 0 Å². The molecule has 0 saturated heterocycles. The fourth-order valence-electron chi connectivity index (χ4n) is 3.30. The summed E-state index contributed by atoms with van der Waals surface area (Å²) in [5.74, 6) is 1.38. The number of methoxy groups -OCH3 is 2. The number of nitrogens with zero attached hydrogens (tertiary/aromatic N) is 1. The van der Waals surface area contributed by atoms with Crippen LogP contribution in [-0.4, -0.2) is 19.2 Å². The molecule has 0 aliphatic carbocycles. The lowest BCUT2D eigenvalue weighted by Crippen LogP contribution is -1.97. The van der Waals surface area contributed by atoms with Gasteiger partial charge in [-0.05, 0) is 41.8 Å². The Morgan fingerprint density at radius 1 is 0.808 bits per heavy atom. The second-order valence-electron chi connectivity index (χ2n) is 6.14. The minimum absolute atomic E-state index is 0.681. The topological polar surface area (TPSA) is 31.4 Å². The molecule has 4 aromatic rings. The number of pyridine rings is 1. The van der Waals surface area contributed by atoms with E-state index in [1.807, 2.05) is 42.5 Å². The lowest BCUT2D eigenvalue weighted by atomic mass is 9.96. The van der Waals surface area contributed by atoms with Gasteiger partial charge in [-0.25, -0.2) is 4.98 Å². The summed E-state index contributed by atoms with van der Waals surface area (Å²) in [4.78, 5) is 4.82. The van der Waals surface area contributed by atoms with Gasteiger partial charge in [-0.2, -0.15) is 0 Å². The van der Waals surface area contributed by atoms with Crippen molar-refractivity contribution in [3.63, 3.8) is 0 Å². The first-order chi connectivity index (χ1) is 12.7. The molecule has 26 heavy (non-hydrogen) atoms. The van der Waals surface area contributed by atoms with Crippen molar-refractivity contribution in [3.05, 3.63) is 76.8 Å². The quantitative estimate of drug-likeness (QED) is 0.439. The zero-order valence-electron chi connectivity index (χ0n) is 14.6. The lowest BCUT2D eigenvalue weighted by molar-refractivity contribution is 0.356. The largest absolute Gasteiger partial charge is 0.493 e. The summed E-state index contributed by atoms with van der Waals surface area (Å²) in [6.45, 7) is 0. The third kappa shape index (κ3) is 2.95. The van der Waals surface area contributed by atoms with Crippen molar-refractivity contribution in [1.29, 1.82) is 0 Å². The minimum atomic E-state index is 0.681. The molecule has 130 valence electrons. The molecule has 0 fully saturated rings. The number of hydrogen-bond donors (Lipinski definition) is 0. The maximum absolute atomic E-state index is 6.04. The molecular weight excluding hydrogens is 346 g/mol. The van der Waals surface area contributed by atoms with Crippen LogP contribution in [0, 0.1) is 0 Å². The van der Waals surface area contributed by atoms with Crippen molar-refractivity contribution in [2.24, 2.45) is 0 Å². The van der Waals surface area contributed by atoms with E-state index in [1.165, 1.54) is 11.1 Å². The van der Waals surface area contributed by atoms with Gasteiger partial charge in [-0.1, -0.05) is 41.9 Å². The maximum atomic E-state index is 6.04. The van der Waals surface area contributed by atoms with Crippen LogP contribution in [0.1, 0.15) is 11.1 Å². The van der Waals surface area contributed by atoms with Gasteiger partial charge in [0.2, 0.25) is 0 Å². The number of aromatic nitrogens is 1. The SMILES string of the molecule is COc1cc2nc3ccccc3c(Cc3ccc(Cl)cc3)c2cc1OC. The average molecular weight is 364 g/mol. The average Bonchev–Trinajstić information content (AvgIpc) is 2.68. The fourth-order valence-corrected chi connectivity index (χ4v) is 3.43. The summed E-state index contributed by atoms with van der Waals surface area (Å²) in [7, 11) is 3.29. The minimum Gasteiger partial charge on any atom is -0.493 e. The molecule has 4 heteroatoms. The number of benzene rings is 3. The first kappa shape index (κ1) is 16.7. The van der Waals surface area contributed by atoms with Crippen LogP contribution in [0.25, 0.3) is 21.8 Å². The van der Waals surface area contributed by atoms with E-state index in [-0.39, 0.29) is 0 Å². The zero-order chi connectivity index (χ0) is 18.1. The first-order valence-electron chi connectivity index (χ1n) is 8.37. The van der Waals surface area contributed by atoms with E-state index in [1.54, 1.807) is 14.2 Å². The van der Waals surface area contributed by atoms with E-state index in [9.17, 15) is 0 Å². The predicted molar refractivity (Wildman–Crippen MR) is 107 cm³/mol. The van der Waals surface area contributed by atoms with Crippen molar-refractivity contribution in [1.82, 2.24) is 4.98 Å². The highest BCUT2D eigenvalue weighted by atomic mass is 35.5. The van der Waals surface area contributed by atoms with Crippen LogP contribution in [0.3, 0.4) is 0 Å². The molecule has 1 heterocycles. The van der Waals surface area contributed by atoms with E-state index >= 15 is 0 Å². The zero-order valence-corrected chi connectivity index (χ0v) is 15.4. The Kier molecular flexibility index (Phi) is 4.39. The Hall–Kier alpha value is -2.78. The van der Waals surface area contributed by atoms with Crippen LogP contribution in [0.5, 0.6) is 11.5 Å². The molecule has 3 aromatic carbocycles. The Bertz CT molecular complexity index is 1090. The van der Waals surface area contributed by atoms with Gasteiger partial charge in [0.05, 0.1) is 25.3 Å². The van der Waals surface area contributed by atoms with Crippen molar-refractivity contribution < 1.29 is 9.47 Å². The van der Waals surface area contributed by atoms with Crippen LogP contribution < -0.4 is 9.47 Å². The normalized spacial score (nSPS) is 11.0. The molecule has 0 radical (unpaired) electrons. The fraction of sp³-hybridized carbons (Fsp3) is 0.136. The van der Waals surface area contributed by atoms with E-state index in [4.69, 9.17) is 26.1 Å². The second-order valence-corrected chi connectivity index (χ2v) is 6.57. The van der Waals surface area contributed by atoms with Crippen molar-refractivity contribution in [2.75, 3.05) is 14.2 Å². The molecule has 1 aromatic heterocycles. The molecule has 4 rings (SSSR count). The van der Waals surface area contributed by atoms with E-state index < -0.39 is 0 Å². The molecule has 0 aliphatic heterocycles. The van der Waals surface area contributed by atoms with Gasteiger partial charge in [0, 0.05) is 21.9 Å². The molecule has 0 saturated carbocycles. The number of para-hydroxylation sites is 1. The number of rotatable bonds is 4. The second kappa shape index (κ2) is 6.85. The molecule has 3 nitrogen and oxygen atoms in total. The standard InChI is InChI=1S/C22H18ClNO2/c1-25-21-12-18-17(11-14-7-9-15(23)10-8-14)16-5-3-4-6-19(16)24-20(18)13-22(21)26-2/h3-10,12-13H,11H2,1-2H3. The Labute approximate surface area is 157 Å². The predicted octanol–water partition coefficient (Wildman–Crippen LogP) is 5.65. The molecule has 0 unspecified atom stereocenters. The highest BCUT2D eigenvalue weighted by molar-refractivity contribution is 6.30. The third-order valence-electron chi connectivity index (χ3n) is 4.59. The smallest absolute Gasteiger partial charge is 0.162 e. The van der Waals surface area contributed by atoms with Crippen LogP contribution in [0.15, 0.2) is 60.7 Å². The van der Waals surface area contributed by atoms with Gasteiger partial charge in [-0.3, -0.25) is 0 Å². The van der Waals surface area contributed by atoms with Crippen LogP contribution in [0.2, 0.25) is 5.02 Å². The van der Waals surface area contributed by atoms with E-state index in [0.29, 0.717) is 11.5 Å². The van der Waals surface area contributed by atoms with Crippen LogP contribution >= 0.6 is 11.6 Å². The number of hydrogen-bond acceptors (Lipinski definition) is 3. The summed E-state index contributed by atoms with van der Waals surface area (Å²) in [6, 6.07) is 20.1. The molecule has 0 N–H and O–H groups in total. The summed E-state index contributed by atoms with van der Waals surface area (Å²) in [6.07, 6.45) is 0.784. The number of ether oxygens (including phenoxy) is 2. The van der Waals surface area contributed by atoms with E-state index in [2.05, 4.69) is 18.2 Å². The Balaban J connectivity index is 2.00. The molecule has 0 amide bonds. The van der Waals surface area contributed by atoms with Crippen LogP contribution in [-0.2, 0) is 6.42 Å². The summed E-state index contributed by atoms with van der Waals surface area (Å²) in [5.41, 5.74) is 4.28. The Morgan fingerprint density at radius 3 is 2.23 bits per heavy atom. The third-order valence-corrected chi connectivity index (χ3v) is 4.84. The first-order valence-corrected chi connectivity index (χ1v) is 8.75. The van der Waals surface area contributed by atoms with Crippen LogP contribution in [0.4, 0.5) is 0 Å². The monoisotopic (exact) mass is 363 g/mol. The highest BCUT2D eigenvalue weighted by Gasteiger charge is 2.14. The lowest BCUT2D eigenvalue weighted by Gasteiger charge is -2.14. The summed E-state index contributed by atoms with van der Waals surface area (Å²) >= 11 is 6.04. The highest BCUT2D eigenvalue weighted by Crippen LogP contribution is 2.36. The van der Waals surface area contributed by atoms with Crippen molar-refractivity contribution in [2.45, 2.75) is 6.42 Å². The van der Waals surface area contributed by atoms with Gasteiger partial charge >= 0.3 is 0 Å². The summed E-state index contributed by atoms with van der Waals surface area (Å²) < 4.78 is 11.0. The van der Waals surface area contributed by atoms with Crippen molar-refractivity contribution >= 4 is 33.4 Å². The van der Waals surface area contributed by atoms with Gasteiger partial charge < -0.3 is 9.47 Å². The van der Waals surface area contributed by atoms with Gasteiger partial charge in [0.15, 0.2) is 11.5 Å². The van der Waals surface area contributed by atoms with E-state index in [0.717, 1.165) is 33.2 Å². The van der Waals surface area contributed by atoms with Gasteiger partial charge in [0.1, 0.15) is 0 Å². The number of fused-ring (bicyclic) bond motifs is 2. The molecule has 0 atom stereocenters. The van der Waals surface area contributed by atoms with Gasteiger partial charge in [0.25, 0.3) is 0 Å². The molecular formula is C22H18ClNO2. The summed E-state index contributed by atoms with van der Waals surface area (Å²) in [5, 5.41) is 2.95.